The van der Waals surface area contributed by atoms with Crippen molar-refractivity contribution in [3.8, 4) is 5.75 Å². The summed E-state index contributed by atoms with van der Waals surface area (Å²) >= 11 is 3.24. The first-order valence-electron chi connectivity index (χ1n) is 6.64. The Balaban J connectivity index is 2.16. The summed E-state index contributed by atoms with van der Waals surface area (Å²) in [7, 11) is -3.95. The van der Waals surface area contributed by atoms with E-state index in [1.165, 1.54) is 24.3 Å². The fourth-order valence-electron chi connectivity index (χ4n) is 1.69. The van der Waals surface area contributed by atoms with E-state index in [0.717, 1.165) is 4.47 Å². The summed E-state index contributed by atoms with van der Waals surface area (Å²) < 4.78 is 35.0. The van der Waals surface area contributed by atoms with Crippen LogP contribution in [0, 0.1) is 0 Å². The zero-order chi connectivity index (χ0) is 16.9. The summed E-state index contributed by atoms with van der Waals surface area (Å²) in [6, 6.07) is 12.1. The van der Waals surface area contributed by atoms with E-state index in [2.05, 4.69) is 21.2 Å². The molecule has 1 N–H and O–H groups in total. The highest BCUT2D eigenvalue weighted by atomic mass is 79.9. The number of anilines is 1. The lowest BCUT2D eigenvalue weighted by atomic mass is 10.3. The smallest absolute Gasteiger partial charge is 0.411 e. The number of nitrogens with one attached hydrogen (secondary N) is 1. The van der Waals surface area contributed by atoms with Gasteiger partial charge in [-0.05, 0) is 43.3 Å². The van der Waals surface area contributed by atoms with E-state index in [4.69, 9.17) is 8.92 Å². The Morgan fingerprint density at radius 3 is 2.52 bits per heavy atom. The largest absolute Gasteiger partial charge is 0.450 e. The minimum absolute atomic E-state index is 0.0319. The second kappa shape index (κ2) is 7.47. The van der Waals surface area contributed by atoms with E-state index in [1.54, 1.807) is 31.2 Å². The van der Waals surface area contributed by atoms with E-state index in [1.807, 2.05) is 0 Å². The van der Waals surface area contributed by atoms with Gasteiger partial charge in [-0.1, -0.05) is 22.0 Å². The lowest BCUT2D eigenvalue weighted by Crippen LogP contribution is -2.13. The lowest BCUT2D eigenvalue weighted by Gasteiger charge is -2.09. The van der Waals surface area contributed by atoms with Crippen LogP contribution in [-0.4, -0.2) is 21.1 Å². The molecule has 0 fully saturated rings. The molecule has 1 amide bonds. The molecule has 0 heterocycles. The van der Waals surface area contributed by atoms with Crippen molar-refractivity contribution in [1.82, 2.24) is 0 Å². The number of carbonyl (C=O) groups is 1. The average molecular weight is 400 g/mol. The Kier molecular flexibility index (Phi) is 5.62. The van der Waals surface area contributed by atoms with Gasteiger partial charge >= 0.3 is 16.2 Å². The highest BCUT2D eigenvalue weighted by molar-refractivity contribution is 9.10. The van der Waals surface area contributed by atoms with Crippen LogP contribution in [0.25, 0.3) is 0 Å². The minimum Gasteiger partial charge on any atom is -0.450 e. The first-order chi connectivity index (χ1) is 10.9. The normalized spacial score (nSPS) is 10.9. The number of hydrogen-bond acceptors (Lipinski definition) is 5. The quantitative estimate of drug-likeness (QED) is 0.773. The zero-order valence-corrected chi connectivity index (χ0v) is 14.6. The van der Waals surface area contributed by atoms with Crippen molar-refractivity contribution in [2.75, 3.05) is 11.9 Å². The third-order valence-electron chi connectivity index (χ3n) is 2.66. The second-order valence-electron chi connectivity index (χ2n) is 4.36. The number of rotatable bonds is 5. The first kappa shape index (κ1) is 17.3. The van der Waals surface area contributed by atoms with Crippen LogP contribution in [0.3, 0.4) is 0 Å². The molecule has 0 spiro atoms. The standard InChI is InChI=1S/C15H14BrNO5S/c1-2-21-15(18)17-12-4-3-5-13(10-12)22-23(19,20)14-8-6-11(16)7-9-14/h3-10H,2H2,1H3,(H,17,18). The molecule has 122 valence electrons. The highest BCUT2D eigenvalue weighted by Crippen LogP contribution is 2.23. The Morgan fingerprint density at radius 2 is 1.87 bits per heavy atom. The summed E-state index contributed by atoms with van der Waals surface area (Å²) in [5.74, 6) is 0.0854. The van der Waals surface area contributed by atoms with Crippen LogP contribution in [0.5, 0.6) is 5.75 Å². The maximum Gasteiger partial charge on any atom is 0.411 e. The molecule has 0 saturated heterocycles. The van der Waals surface area contributed by atoms with Crippen LogP contribution in [0.1, 0.15) is 6.92 Å². The molecule has 0 aliphatic carbocycles. The van der Waals surface area contributed by atoms with Crippen molar-refractivity contribution in [2.45, 2.75) is 11.8 Å². The van der Waals surface area contributed by atoms with Crippen LogP contribution >= 0.6 is 15.9 Å². The van der Waals surface area contributed by atoms with Gasteiger partial charge in [-0.2, -0.15) is 8.42 Å². The molecule has 0 bridgehead atoms. The van der Waals surface area contributed by atoms with Crippen LogP contribution < -0.4 is 9.50 Å². The van der Waals surface area contributed by atoms with E-state index in [-0.39, 0.29) is 17.3 Å². The summed E-state index contributed by atoms with van der Waals surface area (Å²) in [6.07, 6.45) is -0.625. The van der Waals surface area contributed by atoms with Gasteiger partial charge in [-0.25, -0.2) is 4.79 Å². The summed E-state index contributed by atoms with van der Waals surface area (Å²) in [6.45, 7) is 1.92. The van der Waals surface area contributed by atoms with Gasteiger partial charge in [0.1, 0.15) is 10.6 Å². The number of ether oxygens (including phenoxy) is 1. The molecule has 23 heavy (non-hydrogen) atoms. The summed E-state index contributed by atoms with van der Waals surface area (Å²) in [4.78, 5) is 11.4. The Morgan fingerprint density at radius 1 is 1.17 bits per heavy atom. The third-order valence-corrected chi connectivity index (χ3v) is 4.45. The molecule has 0 aromatic heterocycles. The van der Waals surface area contributed by atoms with Crippen molar-refractivity contribution >= 4 is 37.8 Å². The molecule has 0 saturated carbocycles. The predicted octanol–water partition coefficient (Wildman–Crippen LogP) is 3.79. The SMILES string of the molecule is CCOC(=O)Nc1cccc(OS(=O)(=O)c2ccc(Br)cc2)c1. The second-order valence-corrected chi connectivity index (χ2v) is 6.83. The van der Waals surface area contributed by atoms with Crippen molar-refractivity contribution in [1.29, 1.82) is 0 Å². The van der Waals surface area contributed by atoms with Gasteiger partial charge in [0.25, 0.3) is 0 Å². The fourth-order valence-corrected chi connectivity index (χ4v) is 2.87. The Hall–Kier alpha value is -2.06. The van der Waals surface area contributed by atoms with E-state index in [9.17, 15) is 13.2 Å². The number of carbonyl (C=O) groups excluding carboxylic acids is 1. The molecule has 2 aromatic rings. The molecule has 0 radical (unpaired) electrons. The van der Waals surface area contributed by atoms with Gasteiger partial charge in [0, 0.05) is 16.2 Å². The Labute approximate surface area is 142 Å². The molecular weight excluding hydrogens is 386 g/mol. The highest BCUT2D eigenvalue weighted by Gasteiger charge is 2.16. The molecular formula is C15H14BrNO5S. The third kappa shape index (κ3) is 4.97. The van der Waals surface area contributed by atoms with Gasteiger partial charge in [0.05, 0.1) is 6.61 Å². The maximum atomic E-state index is 12.2. The van der Waals surface area contributed by atoms with E-state index < -0.39 is 16.2 Å². The number of amides is 1. The molecule has 2 rings (SSSR count). The summed E-state index contributed by atoms with van der Waals surface area (Å²) in [5.41, 5.74) is 0.368. The zero-order valence-electron chi connectivity index (χ0n) is 12.2. The molecule has 0 atom stereocenters. The van der Waals surface area contributed by atoms with Gasteiger partial charge in [-0.3, -0.25) is 5.32 Å². The number of hydrogen-bond donors (Lipinski definition) is 1. The van der Waals surface area contributed by atoms with E-state index in [0.29, 0.717) is 5.69 Å². The lowest BCUT2D eigenvalue weighted by molar-refractivity contribution is 0.168. The van der Waals surface area contributed by atoms with Gasteiger partial charge in [-0.15, -0.1) is 0 Å². The molecule has 0 unspecified atom stereocenters. The molecule has 2 aromatic carbocycles. The average Bonchev–Trinajstić information content (AvgIpc) is 2.47. The van der Waals surface area contributed by atoms with Crippen molar-refractivity contribution in [2.24, 2.45) is 0 Å². The minimum atomic E-state index is -3.95. The van der Waals surface area contributed by atoms with Crippen LogP contribution in [0.2, 0.25) is 0 Å². The molecule has 6 nitrogen and oxygen atoms in total. The molecule has 0 aliphatic rings. The van der Waals surface area contributed by atoms with Crippen molar-refractivity contribution in [3.63, 3.8) is 0 Å². The monoisotopic (exact) mass is 399 g/mol. The van der Waals surface area contributed by atoms with Crippen molar-refractivity contribution in [3.05, 3.63) is 53.0 Å². The number of halogens is 1. The van der Waals surface area contributed by atoms with Gasteiger partial charge in [0.2, 0.25) is 0 Å². The molecule has 0 aliphatic heterocycles. The van der Waals surface area contributed by atoms with Crippen LogP contribution in [0.15, 0.2) is 57.9 Å². The number of benzene rings is 2. The van der Waals surface area contributed by atoms with Gasteiger partial charge < -0.3 is 8.92 Å². The van der Waals surface area contributed by atoms with Gasteiger partial charge in [0.15, 0.2) is 0 Å². The fraction of sp³-hybridized carbons (Fsp3) is 0.133. The topological polar surface area (TPSA) is 81.7 Å². The van der Waals surface area contributed by atoms with E-state index >= 15 is 0 Å². The van der Waals surface area contributed by atoms with Crippen molar-refractivity contribution < 1.29 is 22.1 Å². The maximum absolute atomic E-state index is 12.2. The predicted molar refractivity (Wildman–Crippen MR) is 89.0 cm³/mol. The Bertz CT molecular complexity index is 790. The first-order valence-corrected chi connectivity index (χ1v) is 8.85. The molecule has 8 heteroatoms. The van der Waals surface area contributed by atoms with Crippen LogP contribution in [-0.2, 0) is 14.9 Å². The summed E-state index contributed by atoms with van der Waals surface area (Å²) in [5, 5.41) is 2.47. The van der Waals surface area contributed by atoms with Crippen LogP contribution in [0.4, 0.5) is 10.5 Å².